The molecule has 0 aliphatic carbocycles. The molecular formula is C25H29F4NO5. The molecule has 2 rings (SSSR count). The van der Waals surface area contributed by atoms with Crippen molar-refractivity contribution in [1.82, 2.24) is 5.32 Å². The van der Waals surface area contributed by atoms with Crippen LogP contribution in [0.4, 0.5) is 17.6 Å². The number of hydrogen-bond acceptors (Lipinski definition) is 6. The molecule has 192 valence electrons. The van der Waals surface area contributed by atoms with E-state index in [1.165, 1.54) is 33.0 Å². The first-order valence-electron chi connectivity index (χ1n) is 10.9. The van der Waals surface area contributed by atoms with Crippen LogP contribution in [0, 0.1) is 6.92 Å². The quantitative estimate of drug-likeness (QED) is 0.353. The van der Waals surface area contributed by atoms with Crippen LogP contribution < -0.4 is 10.1 Å². The second kappa shape index (κ2) is 12.0. The molecule has 0 spiro atoms. The van der Waals surface area contributed by atoms with Gasteiger partial charge in [-0.25, -0.2) is 9.18 Å². The first-order chi connectivity index (χ1) is 16.3. The third kappa shape index (κ3) is 10.3. The summed E-state index contributed by atoms with van der Waals surface area (Å²) in [4.78, 5) is 25.5. The summed E-state index contributed by atoms with van der Waals surface area (Å²) in [6.07, 6.45) is -6.61. The summed E-state index contributed by atoms with van der Waals surface area (Å²) in [5.74, 6) is -2.13. The molecule has 0 aliphatic heterocycles. The zero-order valence-electron chi connectivity index (χ0n) is 19.9. The molecule has 0 amide bonds. The number of carbonyl (C=O) groups is 2. The minimum absolute atomic E-state index is 0.0696. The largest absolute Gasteiger partial charge is 0.573 e. The van der Waals surface area contributed by atoms with Gasteiger partial charge in [0.2, 0.25) is 6.10 Å². The molecule has 0 heterocycles. The molecule has 1 N–H and O–H groups in total. The van der Waals surface area contributed by atoms with Crippen molar-refractivity contribution in [3.63, 3.8) is 0 Å². The summed E-state index contributed by atoms with van der Waals surface area (Å²) in [5.41, 5.74) is 0.414. The van der Waals surface area contributed by atoms with E-state index in [0.29, 0.717) is 5.56 Å². The van der Waals surface area contributed by atoms with E-state index < -0.39 is 41.9 Å². The lowest BCUT2D eigenvalue weighted by molar-refractivity contribution is -0.274. The van der Waals surface area contributed by atoms with E-state index in [1.54, 1.807) is 12.1 Å². The SMILES string of the molecule is CN[C@@H](CC(C)(C)F)C(=O)O[C@@H](Cc1ccc(OC(F)(F)F)cc1)C(=O)OCc1cccc(C)c1. The van der Waals surface area contributed by atoms with Gasteiger partial charge in [-0.15, -0.1) is 13.2 Å². The fourth-order valence-electron chi connectivity index (χ4n) is 3.27. The molecule has 6 nitrogen and oxygen atoms in total. The van der Waals surface area contributed by atoms with Crippen LogP contribution in [0.1, 0.15) is 37.0 Å². The van der Waals surface area contributed by atoms with Crippen LogP contribution in [0.5, 0.6) is 5.75 Å². The number of alkyl halides is 4. The Balaban J connectivity index is 2.17. The summed E-state index contributed by atoms with van der Waals surface area (Å²) in [7, 11) is 1.46. The monoisotopic (exact) mass is 499 g/mol. The van der Waals surface area contributed by atoms with Gasteiger partial charge in [0.25, 0.3) is 0 Å². The Kier molecular flexibility index (Phi) is 9.64. The number of likely N-dealkylation sites (N-methyl/N-ethyl adjacent to an activating group) is 1. The van der Waals surface area contributed by atoms with Crippen molar-refractivity contribution in [1.29, 1.82) is 0 Å². The Hall–Kier alpha value is -3.14. The summed E-state index contributed by atoms with van der Waals surface area (Å²) >= 11 is 0. The Labute approximate surface area is 201 Å². The highest BCUT2D eigenvalue weighted by molar-refractivity contribution is 5.82. The van der Waals surface area contributed by atoms with Gasteiger partial charge >= 0.3 is 18.3 Å². The van der Waals surface area contributed by atoms with Crippen molar-refractivity contribution < 1.29 is 41.4 Å². The summed E-state index contributed by atoms with van der Waals surface area (Å²) < 4.78 is 65.9. The molecule has 2 aromatic carbocycles. The van der Waals surface area contributed by atoms with Gasteiger partial charge in [0.1, 0.15) is 24.1 Å². The van der Waals surface area contributed by atoms with E-state index in [2.05, 4.69) is 10.1 Å². The smallest absolute Gasteiger partial charge is 0.458 e. The van der Waals surface area contributed by atoms with Gasteiger partial charge in [-0.2, -0.15) is 0 Å². The van der Waals surface area contributed by atoms with Crippen LogP contribution >= 0.6 is 0 Å². The van der Waals surface area contributed by atoms with Crippen molar-refractivity contribution in [3.05, 3.63) is 65.2 Å². The van der Waals surface area contributed by atoms with Crippen LogP contribution in [0.2, 0.25) is 0 Å². The van der Waals surface area contributed by atoms with E-state index >= 15 is 0 Å². The molecule has 2 atom stereocenters. The van der Waals surface area contributed by atoms with Crippen LogP contribution in [0.3, 0.4) is 0 Å². The van der Waals surface area contributed by atoms with Crippen molar-refractivity contribution in [2.75, 3.05) is 7.05 Å². The first-order valence-corrected chi connectivity index (χ1v) is 10.9. The van der Waals surface area contributed by atoms with E-state index in [9.17, 15) is 27.2 Å². The van der Waals surface area contributed by atoms with E-state index in [-0.39, 0.29) is 19.4 Å². The zero-order chi connectivity index (χ0) is 26.2. The van der Waals surface area contributed by atoms with Crippen molar-refractivity contribution in [2.45, 2.75) is 64.4 Å². The second-order valence-electron chi connectivity index (χ2n) is 8.68. The molecule has 0 fully saturated rings. The van der Waals surface area contributed by atoms with Crippen LogP contribution in [-0.4, -0.2) is 43.2 Å². The van der Waals surface area contributed by atoms with Crippen molar-refractivity contribution in [2.24, 2.45) is 0 Å². The first kappa shape index (κ1) is 28.1. The number of halogens is 4. The molecule has 0 aliphatic rings. The number of esters is 2. The van der Waals surface area contributed by atoms with Crippen molar-refractivity contribution in [3.8, 4) is 5.75 Å². The van der Waals surface area contributed by atoms with Gasteiger partial charge in [-0.1, -0.05) is 42.0 Å². The maximum absolute atomic E-state index is 14.1. The topological polar surface area (TPSA) is 73.9 Å². The Morgan fingerprint density at radius 2 is 1.63 bits per heavy atom. The molecular weight excluding hydrogens is 470 g/mol. The highest BCUT2D eigenvalue weighted by Gasteiger charge is 2.33. The van der Waals surface area contributed by atoms with Gasteiger partial charge in [0.15, 0.2) is 0 Å². The zero-order valence-corrected chi connectivity index (χ0v) is 19.9. The number of aryl methyl sites for hydroxylation is 1. The highest BCUT2D eigenvalue weighted by Crippen LogP contribution is 2.24. The lowest BCUT2D eigenvalue weighted by Gasteiger charge is -2.24. The van der Waals surface area contributed by atoms with Gasteiger partial charge < -0.3 is 19.5 Å². The van der Waals surface area contributed by atoms with Gasteiger partial charge in [-0.05, 0) is 51.1 Å². The van der Waals surface area contributed by atoms with E-state index in [4.69, 9.17) is 9.47 Å². The fourth-order valence-corrected chi connectivity index (χ4v) is 3.27. The summed E-state index contributed by atoms with van der Waals surface area (Å²) in [6.45, 7) is 4.43. The highest BCUT2D eigenvalue weighted by atomic mass is 19.4. The third-order valence-corrected chi connectivity index (χ3v) is 4.89. The lowest BCUT2D eigenvalue weighted by atomic mass is 10.0. The normalized spacial score (nSPS) is 13.6. The van der Waals surface area contributed by atoms with Gasteiger partial charge in [-0.3, -0.25) is 4.79 Å². The Morgan fingerprint density at radius 3 is 2.17 bits per heavy atom. The maximum Gasteiger partial charge on any atom is 0.573 e. The number of benzene rings is 2. The van der Waals surface area contributed by atoms with Gasteiger partial charge in [0.05, 0.1) is 0 Å². The number of nitrogens with one attached hydrogen (secondary N) is 1. The molecule has 0 bridgehead atoms. The molecule has 0 saturated heterocycles. The summed E-state index contributed by atoms with van der Waals surface area (Å²) in [6, 6.07) is 11.1. The minimum atomic E-state index is -4.84. The lowest BCUT2D eigenvalue weighted by Crippen LogP contribution is -2.43. The third-order valence-electron chi connectivity index (χ3n) is 4.89. The van der Waals surface area contributed by atoms with E-state index in [0.717, 1.165) is 23.3 Å². The number of ether oxygens (including phenoxy) is 3. The number of hydrogen-bond donors (Lipinski definition) is 1. The van der Waals surface area contributed by atoms with Crippen LogP contribution in [0.25, 0.3) is 0 Å². The average Bonchev–Trinajstić information content (AvgIpc) is 2.75. The fraction of sp³-hybridized carbons (Fsp3) is 0.440. The number of rotatable bonds is 11. The second-order valence-corrected chi connectivity index (χ2v) is 8.68. The van der Waals surface area contributed by atoms with Gasteiger partial charge in [0, 0.05) is 12.8 Å². The molecule has 0 saturated carbocycles. The molecule has 35 heavy (non-hydrogen) atoms. The van der Waals surface area contributed by atoms with Crippen LogP contribution in [0.15, 0.2) is 48.5 Å². The van der Waals surface area contributed by atoms with Crippen LogP contribution in [-0.2, 0) is 32.1 Å². The molecule has 2 aromatic rings. The molecule has 0 unspecified atom stereocenters. The Bertz CT molecular complexity index is 987. The number of carbonyl (C=O) groups excluding carboxylic acids is 2. The average molecular weight is 500 g/mol. The summed E-state index contributed by atoms with van der Waals surface area (Å²) in [5, 5.41) is 2.67. The molecule has 10 heteroatoms. The predicted molar refractivity (Wildman–Crippen MR) is 120 cm³/mol. The van der Waals surface area contributed by atoms with Crippen molar-refractivity contribution >= 4 is 11.9 Å². The predicted octanol–water partition coefficient (Wildman–Crippen LogP) is 4.82. The van der Waals surface area contributed by atoms with E-state index in [1.807, 2.05) is 19.1 Å². The standard InChI is InChI=1S/C25H29F4NO5/c1-16-6-5-7-18(12-16)15-33-23(32)21(34-22(31)20(30-4)14-24(2,3)26)13-17-8-10-19(11-9-17)35-25(27,28)29/h5-12,20-21,30H,13-15H2,1-4H3/t20-,21-/m0/s1. The molecule has 0 radical (unpaired) electrons. The Morgan fingerprint density at radius 1 is 0.971 bits per heavy atom. The minimum Gasteiger partial charge on any atom is -0.458 e. The maximum atomic E-state index is 14.1. The molecule has 0 aromatic heterocycles.